The van der Waals surface area contributed by atoms with Crippen LogP contribution in [0, 0.1) is 11.7 Å². The number of amides is 2. The molecule has 2 aromatic rings. The highest BCUT2D eigenvalue weighted by Crippen LogP contribution is 2.31. The predicted molar refractivity (Wildman–Crippen MR) is 108 cm³/mol. The molecule has 1 N–H and O–H groups in total. The van der Waals surface area contributed by atoms with E-state index in [-0.39, 0.29) is 23.5 Å². The molecule has 0 unspecified atom stereocenters. The van der Waals surface area contributed by atoms with Gasteiger partial charge in [0.2, 0.25) is 11.8 Å². The van der Waals surface area contributed by atoms with Gasteiger partial charge in [-0.15, -0.1) is 0 Å². The van der Waals surface area contributed by atoms with Crippen LogP contribution in [-0.2, 0) is 22.7 Å². The van der Waals surface area contributed by atoms with Gasteiger partial charge in [-0.2, -0.15) is 0 Å². The van der Waals surface area contributed by atoms with Crippen molar-refractivity contribution in [1.29, 1.82) is 0 Å². The van der Waals surface area contributed by atoms with Gasteiger partial charge in [-0.1, -0.05) is 12.1 Å². The zero-order chi connectivity index (χ0) is 20.3. The van der Waals surface area contributed by atoms with Crippen LogP contribution in [0.5, 0.6) is 0 Å². The summed E-state index contributed by atoms with van der Waals surface area (Å²) in [7, 11) is 3.87. The van der Waals surface area contributed by atoms with E-state index in [1.54, 1.807) is 17.0 Å². The number of hydrogen-bond donors (Lipinski definition) is 1. The Morgan fingerprint density at radius 3 is 2.46 bits per heavy atom. The number of halogens is 1. The smallest absolute Gasteiger partial charge is 0.227 e. The Morgan fingerprint density at radius 2 is 1.86 bits per heavy atom. The van der Waals surface area contributed by atoms with Crippen LogP contribution >= 0.6 is 0 Å². The van der Waals surface area contributed by atoms with E-state index < -0.39 is 0 Å². The average molecular weight is 383 g/mol. The van der Waals surface area contributed by atoms with Crippen molar-refractivity contribution in [2.24, 2.45) is 5.92 Å². The Kier molecular flexibility index (Phi) is 5.97. The minimum absolute atomic E-state index is 0.0479. The fraction of sp³-hybridized carbons (Fsp3) is 0.364. The van der Waals surface area contributed by atoms with Crippen molar-refractivity contribution in [1.82, 2.24) is 4.90 Å². The zero-order valence-electron chi connectivity index (χ0n) is 16.5. The van der Waals surface area contributed by atoms with Crippen molar-refractivity contribution >= 4 is 23.2 Å². The quantitative estimate of drug-likeness (QED) is 0.791. The van der Waals surface area contributed by atoms with Crippen LogP contribution < -0.4 is 10.2 Å². The Labute approximate surface area is 165 Å². The summed E-state index contributed by atoms with van der Waals surface area (Å²) in [5.41, 5.74) is 3.35. The molecule has 0 aromatic heterocycles. The van der Waals surface area contributed by atoms with Crippen LogP contribution in [0.1, 0.15) is 30.9 Å². The lowest BCUT2D eigenvalue weighted by Crippen LogP contribution is -2.28. The van der Waals surface area contributed by atoms with Crippen molar-refractivity contribution in [3.05, 3.63) is 59.4 Å². The summed E-state index contributed by atoms with van der Waals surface area (Å²) < 4.78 is 13.5. The number of benzene rings is 2. The summed E-state index contributed by atoms with van der Waals surface area (Å²) >= 11 is 0. The number of hydrogen-bond acceptors (Lipinski definition) is 3. The molecular formula is C22H26FN3O2. The van der Waals surface area contributed by atoms with Crippen molar-refractivity contribution < 1.29 is 14.0 Å². The number of nitrogens with one attached hydrogen (secondary N) is 1. The molecule has 1 saturated carbocycles. The predicted octanol–water partition coefficient (Wildman–Crippen LogP) is 3.79. The van der Waals surface area contributed by atoms with E-state index in [2.05, 4.69) is 5.32 Å². The van der Waals surface area contributed by atoms with Crippen LogP contribution in [0.2, 0.25) is 0 Å². The van der Waals surface area contributed by atoms with Crippen LogP contribution in [0.25, 0.3) is 0 Å². The number of carbonyl (C=O) groups is 2. The molecule has 0 heterocycles. The first kappa shape index (κ1) is 19.9. The standard InChI is InChI=1S/C22H26FN3O2/c1-15(27)26(13-16-5-4-6-19(23)11-16)14-18-12-20(9-10-21(18)25(2)3)24-22(28)17-7-8-17/h4-6,9-12,17H,7-8,13-14H2,1-3H3,(H,24,28). The average Bonchev–Trinajstić information content (AvgIpc) is 3.46. The van der Waals surface area contributed by atoms with E-state index in [0.29, 0.717) is 13.1 Å². The third-order valence-corrected chi connectivity index (χ3v) is 4.85. The fourth-order valence-corrected chi connectivity index (χ4v) is 3.16. The lowest BCUT2D eigenvalue weighted by Gasteiger charge is -2.25. The van der Waals surface area contributed by atoms with Crippen LogP contribution in [0.15, 0.2) is 42.5 Å². The van der Waals surface area contributed by atoms with Gasteiger partial charge in [-0.3, -0.25) is 9.59 Å². The van der Waals surface area contributed by atoms with Gasteiger partial charge in [-0.25, -0.2) is 4.39 Å². The van der Waals surface area contributed by atoms with Crippen LogP contribution in [0.4, 0.5) is 15.8 Å². The molecule has 3 rings (SSSR count). The molecule has 0 aliphatic heterocycles. The van der Waals surface area contributed by atoms with E-state index in [1.807, 2.05) is 37.2 Å². The normalized spacial score (nSPS) is 13.1. The first-order valence-electron chi connectivity index (χ1n) is 9.44. The molecule has 2 aromatic carbocycles. The molecule has 1 aliphatic rings. The summed E-state index contributed by atoms with van der Waals surface area (Å²) in [6, 6.07) is 12.0. The highest BCUT2D eigenvalue weighted by molar-refractivity contribution is 5.94. The maximum Gasteiger partial charge on any atom is 0.227 e. The van der Waals surface area contributed by atoms with Crippen LogP contribution in [-0.4, -0.2) is 30.8 Å². The van der Waals surface area contributed by atoms with Gasteiger partial charge < -0.3 is 15.1 Å². The summed E-state index contributed by atoms with van der Waals surface area (Å²) in [6.45, 7) is 2.19. The molecule has 0 saturated heterocycles. The molecule has 5 nitrogen and oxygen atoms in total. The minimum Gasteiger partial charge on any atom is -0.377 e. The Hall–Kier alpha value is -2.89. The second-order valence-corrected chi connectivity index (χ2v) is 7.51. The SMILES string of the molecule is CC(=O)N(Cc1cccc(F)c1)Cc1cc(NC(=O)C2CC2)ccc1N(C)C. The third-order valence-electron chi connectivity index (χ3n) is 4.85. The first-order chi connectivity index (χ1) is 13.3. The van der Waals surface area contributed by atoms with E-state index >= 15 is 0 Å². The Bertz CT molecular complexity index is 878. The number of nitrogens with zero attached hydrogens (tertiary/aromatic N) is 2. The minimum atomic E-state index is -0.320. The van der Waals surface area contributed by atoms with E-state index in [1.165, 1.54) is 19.1 Å². The molecule has 1 aliphatic carbocycles. The monoisotopic (exact) mass is 383 g/mol. The molecule has 0 spiro atoms. The van der Waals surface area contributed by atoms with Crippen LogP contribution in [0.3, 0.4) is 0 Å². The molecule has 0 atom stereocenters. The van der Waals surface area contributed by atoms with Crippen molar-refractivity contribution in [2.75, 3.05) is 24.3 Å². The van der Waals surface area contributed by atoms with Crippen molar-refractivity contribution in [3.8, 4) is 0 Å². The Balaban J connectivity index is 1.83. The van der Waals surface area contributed by atoms with Gasteiger partial charge in [0.15, 0.2) is 0 Å². The maximum absolute atomic E-state index is 13.5. The Morgan fingerprint density at radius 1 is 1.11 bits per heavy atom. The second kappa shape index (κ2) is 8.42. The number of carbonyl (C=O) groups excluding carboxylic acids is 2. The number of anilines is 2. The molecule has 2 amide bonds. The lowest BCUT2D eigenvalue weighted by molar-refractivity contribution is -0.130. The van der Waals surface area contributed by atoms with Gasteiger partial charge in [0.05, 0.1) is 0 Å². The summed E-state index contributed by atoms with van der Waals surface area (Å²) in [4.78, 5) is 28.0. The van der Waals surface area contributed by atoms with Crippen molar-refractivity contribution in [2.45, 2.75) is 32.9 Å². The van der Waals surface area contributed by atoms with Gasteiger partial charge in [0.25, 0.3) is 0 Å². The summed E-state index contributed by atoms with van der Waals surface area (Å²) in [5.74, 6) is -0.244. The number of rotatable bonds is 7. The first-order valence-corrected chi connectivity index (χ1v) is 9.44. The topological polar surface area (TPSA) is 52.7 Å². The maximum atomic E-state index is 13.5. The molecule has 0 radical (unpaired) electrons. The fourth-order valence-electron chi connectivity index (χ4n) is 3.16. The largest absolute Gasteiger partial charge is 0.377 e. The second-order valence-electron chi connectivity index (χ2n) is 7.51. The molecule has 1 fully saturated rings. The summed E-state index contributed by atoms with van der Waals surface area (Å²) in [5, 5.41) is 2.96. The summed E-state index contributed by atoms with van der Waals surface area (Å²) in [6.07, 6.45) is 1.89. The molecule has 148 valence electrons. The van der Waals surface area contributed by atoms with E-state index in [9.17, 15) is 14.0 Å². The molecule has 6 heteroatoms. The van der Waals surface area contributed by atoms with E-state index in [4.69, 9.17) is 0 Å². The van der Waals surface area contributed by atoms with Gasteiger partial charge in [0, 0.05) is 51.4 Å². The molecular weight excluding hydrogens is 357 g/mol. The highest BCUT2D eigenvalue weighted by Gasteiger charge is 2.29. The lowest BCUT2D eigenvalue weighted by atomic mass is 10.1. The molecule has 28 heavy (non-hydrogen) atoms. The van der Waals surface area contributed by atoms with Crippen molar-refractivity contribution in [3.63, 3.8) is 0 Å². The molecule has 0 bridgehead atoms. The van der Waals surface area contributed by atoms with Gasteiger partial charge >= 0.3 is 0 Å². The van der Waals surface area contributed by atoms with Gasteiger partial charge in [-0.05, 0) is 54.3 Å². The zero-order valence-corrected chi connectivity index (χ0v) is 16.5. The van der Waals surface area contributed by atoms with E-state index in [0.717, 1.165) is 35.3 Å². The van der Waals surface area contributed by atoms with Gasteiger partial charge in [0.1, 0.15) is 5.82 Å². The highest BCUT2D eigenvalue weighted by atomic mass is 19.1. The third kappa shape index (κ3) is 5.09.